The van der Waals surface area contributed by atoms with Gasteiger partial charge in [0, 0.05) is 24.6 Å². The number of imide groups is 1. The largest absolute Gasteiger partial charge is 0.328 e. The molecule has 86 valence electrons. The molecular weight excluding hydrogens is 230 g/mol. The van der Waals surface area contributed by atoms with E-state index in [1.54, 1.807) is 24.5 Å². The lowest BCUT2D eigenvalue weighted by atomic mass is 10.3. The zero-order valence-corrected chi connectivity index (χ0v) is 9.57. The number of carbonyl (C=O) groups is 2. The summed E-state index contributed by atoms with van der Waals surface area (Å²) in [7, 11) is 0. The fourth-order valence-corrected chi connectivity index (χ4v) is 1.25. The molecule has 1 aromatic heterocycles. The third-order valence-corrected chi connectivity index (χ3v) is 2.15. The van der Waals surface area contributed by atoms with Crippen LogP contribution in [0.2, 0.25) is 0 Å². The molecule has 0 aliphatic rings. The minimum atomic E-state index is -0.515. The third-order valence-electron chi connectivity index (χ3n) is 1.90. The molecule has 0 aliphatic heterocycles. The minimum absolute atomic E-state index is 0.236. The fourth-order valence-electron chi connectivity index (χ4n) is 1.19. The Bertz CT molecular complexity index is 370. The predicted octanol–water partition coefficient (Wildman–Crippen LogP) is 1.38. The lowest BCUT2D eigenvalue weighted by Gasteiger charge is -2.20. The summed E-state index contributed by atoms with van der Waals surface area (Å²) in [5.41, 5.74) is 0.678. The third kappa shape index (κ3) is 3.20. The van der Waals surface area contributed by atoms with Crippen LogP contribution in [0, 0.1) is 0 Å². The molecule has 0 saturated heterocycles. The highest BCUT2D eigenvalue weighted by atomic mass is 35.5. The monoisotopic (exact) mass is 241 g/mol. The SMILES string of the molecule is CCN(C(=O)NC(=O)CCl)c1ccncc1. The van der Waals surface area contributed by atoms with Gasteiger partial charge in [0.25, 0.3) is 0 Å². The van der Waals surface area contributed by atoms with Crippen LogP contribution in [-0.4, -0.2) is 29.3 Å². The molecule has 0 aromatic carbocycles. The van der Waals surface area contributed by atoms with E-state index in [1.165, 1.54) is 4.90 Å². The number of carbonyl (C=O) groups excluding carboxylic acids is 2. The summed E-state index contributed by atoms with van der Waals surface area (Å²) in [5, 5.41) is 2.17. The summed E-state index contributed by atoms with van der Waals surface area (Å²) in [4.78, 5) is 27.9. The van der Waals surface area contributed by atoms with Crippen LogP contribution < -0.4 is 10.2 Å². The molecule has 3 amide bonds. The van der Waals surface area contributed by atoms with Crippen LogP contribution in [-0.2, 0) is 4.79 Å². The van der Waals surface area contributed by atoms with Gasteiger partial charge in [0.1, 0.15) is 5.88 Å². The van der Waals surface area contributed by atoms with Crippen LogP contribution in [0.3, 0.4) is 0 Å². The first-order valence-electron chi connectivity index (χ1n) is 4.76. The van der Waals surface area contributed by atoms with Gasteiger partial charge in [-0.25, -0.2) is 4.79 Å². The summed E-state index contributed by atoms with van der Waals surface area (Å²) in [5.74, 6) is -0.751. The molecular formula is C10H12ClN3O2. The molecule has 0 aliphatic carbocycles. The molecule has 1 heterocycles. The molecule has 0 saturated carbocycles. The molecule has 5 nitrogen and oxygen atoms in total. The van der Waals surface area contributed by atoms with Gasteiger partial charge in [0.15, 0.2) is 0 Å². The molecule has 1 N–H and O–H groups in total. The number of halogens is 1. The van der Waals surface area contributed by atoms with E-state index in [1.807, 2.05) is 6.92 Å². The quantitative estimate of drug-likeness (QED) is 0.814. The van der Waals surface area contributed by atoms with Crippen molar-refractivity contribution in [3.63, 3.8) is 0 Å². The molecule has 1 aromatic rings. The van der Waals surface area contributed by atoms with Crippen molar-refractivity contribution < 1.29 is 9.59 Å². The Hall–Kier alpha value is -1.62. The number of anilines is 1. The van der Waals surface area contributed by atoms with E-state index in [2.05, 4.69) is 10.3 Å². The Kier molecular flexibility index (Phi) is 4.72. The lowest BCUT2D eigenvalue weighted by Crippen LogP contribution is -2.43. The van der Waals surface area contributed by atoms with Crippen LogP contribution in [0.15, 0.2) is 24.5 Å². The number of urea groups is 1. The highest BCUT2D eigenvalue weighted by molar-refractivity contribution is 6.28. The lowest BCUT2D eigenvalue weighted by molar-refractivity contribution is -0.117. The maximum atomic E-state index is 11.7. The highest BCUT2D eigenvalue weighted by Crippen LogP contribution is 2.11. The molecule has 16 heavy (non-hydrogen) atoms. The number of hydrogen-bond donors (Lipinski definition) is 1. The van der Waals surface area contributed by atoms with Gasteiger partial charge in [-0.2, -0.15) is 0 Å². The summed E-state index contributed by atoms with van der Waals surface area (Å²) in [6, 6.07) is 2.89. The summed E-state index contributed by atoms with van der Waals surface area (Å²) < 4.78 is 0. The molecule has 6 heteroatoms. The zero-order chi connectivity index (χ0) is 12.0. The average molecular weight is 242 g/mol. The first-order chi connectivity index (χ1) is 7.69. The minimum Gasteiger partial charge on any atom is -0.294 e. The Morgan fingerprint density at radius 1 is 1.44 bits per heavy atom. The van der Waals surface area contributed by atoms with Crippen LogP contribution >= 0.6 is 11.6 Å². The Morgan fingerprint density at radius 2 is 2.06 bits per heavy atom. The van der Waals surface area contributed by atoms with E-state index >= 15 is 0 Å². The smallest absolute Gasteiger partial charge is 0.294 e. The molecule has 0 unspecified atom stereocenters. The van der Waals surface area contributed by atoms with Crippen molar-refractivity contribution in [2.75, 3.05) is 17.3 Å². The number of rotatable bonds is 3. The number of nitrogens with one attached hydrogen (secondary N) is 1. The number of amides is 3. The summed E-state index contributed by atoms with van der Waals surface area (Å²) in [6.45, 7) is 2.26. The zero-order valence-electron chi connectivity index (χ0n) is 8.81. The normalized spacial score (nSPS) is 9.62. The first kappa shape index (κ1) is 12.4. The van der Waals surface area contributed by atoms with Crippen LogP contribution in [0.4, 0.5) is 10.5 Å². The van der Waals surface area contributed by atoms with E-state index in [-0.39, 0.29) is 5.88 Å². The van der Waals surface area contributed by atoms with Gasteiger partial charge in [0.05, 0.1) is 0 Å². The van der Waals surface area contributed by atoms with Crippen molar-refractivity contribution in [1.29, 1.82) is 0 Å². The van der Waals surface area contributed by atoms with E-state index in [9.17, 15) is 9.59 Å². The van der Waals surface area contributed by atoms with Gasteiger partial charge in [-0.15, -0.1) is 11.6 Å². The Balaban J connectivity index is 2.75. The van der Waals surface area contributed by atoms with Gasteiger partial charge in [-0.05, 0) is 19.1 Å². The standard InChI is InChI=1S/C10H12ClN3O2/c1-2-14(8-3-5-12-6-4-8)10(16)13-9(15)7-11/h3-6H,2,7H2,1H3,(H,13,15,16). The molecule has 0 spiro atoms. The second kappa shape index (κ2) is 6.07. The van der Waals surface area contributed by atoms with Gasteiger partial charge in [-0.3, -0.25) is 20.0 Å². The van der Waals surface area contributed by atoms with E-state index in [0.29, 0.717) is 12.2 Å². The van der Waals surface area contributed by atoms with Crippen molar-refractivity contribution in [3.05, 3.63) is 24.5 Å². The number of nitrogens with zero attached hydrogens (tertiary/aromatic N) is 2. The fraction of sp³-hybridized carbons (Fsp3) is 0.300. The van der Waals surface area contributed by atoms with Crippen LogP contribution in [0.25, 0.3) is 0 Å². The number of pyridine rings is 1. The van der Waals surface area contributed by atoms with Crippen molar-refractivity contribution in [3.8, 4) is 0 Å². The summed E-state index contributed by atoms with van der Waals surface area (Å²) >= 11 is 5.30. The molecule has 1 rings (SSSR count). The van der Waals surface area contributed by atoms with Crippen LogP contribution in [0.1, 0.15) is 6.92 Å². The average Bonchev–Trinajstić information content (AvgIpc) is 2.31. The van der Waals surface area contributed by atoms with Crippen molar-refractivity contribution in [2.45, 2.75) is 6.92 Å². The number of aromatic nitrogens is 1. The van der Waals surface area contributed by atoms with Gasteiger partial charge in [0.2, 0.25) is 5.91 Å². The van der Waals surface area contributed by atoms with Crippen molar-refractivity contribution >= 4 is 29.2 Å². The topological polar surface area (TPSA) is 62.3 Å². The molecule has 0 bridgehead atoms. The van der Waals surface area contributed by atoms with Crippen molar-refractivity contribution in [1.82, 2.24) is 10.3 Å². The second-order valence-electron chi connectivity index (χ2n) is 2.94. The van der Waals surface area contributed by atoms with Crippen molar-refractivity contribution in [2.24, 2.45) is 0 Å². The maximum Gasteiger partial charge on any atom is 0.328 e. The van der Waals surface area contributed by atoms with Gasteiger partial charge < -0.3 is 0 Å². The predicted molar refractivity (Wildman–Crippen MR) is 61.5 cm³/mol. The first-order valence-corrected chi connectivity index (χ1v) is 5.29. The summed E-state index contributed by atoms with van der Waals surface area (Å²) in [6.07, 6.45) is 3.16. The number of alkyl halides is 1. The Morgan fingerprint density at radius 3 is 2.56 bits per heavy atom. The second-order valence-corrected chi connectivity index (χ2v) is 3.20. The molecule has 0 fully saturated rings. The highest BCUT2D eigenvalue weighted by Gasteiger charge is 2.15. The van der Waals surface area contributed by atoms with Gasteiger partial charge >= 0.3 is 6.03 Å². The number of hydrogen-bond acceptors (Lipinski definition) is 3. The van der Waals surface area contributed by atoms with Crippen LogP contribution in [0.5, 0.6) is 0 Å². The van der Waals surface area contributed by atoms with E-state index in [0.717, 1.165) is 0 Å². The van der Waals surface area contributed by atoms with E-state index < -0.39 is 11.9 Å². The maximum absolute atomic E-state index is 11.7. The van der Waals surface area contributed by atoms with E-state index in [4.69, 9.17) is 11.6 Å². The Labute approximate surface area is 98.4 Å². The molecule has 0 radical (unpaired) electrons. The van der Waals surface area contributed by atoms with Gasteiger partial charge in [-0.1, -0.05) is 0 Å². The molecule has 0 atom stereocenters.